The molecule has 3 aromatic heterocycles. The summed E-state index contributed by atoms with van der Waals surface area (Å²) >= 11 is 0. The highest BCUT2D eigenvalue weighted by atomic mass is 15.4. The smallest absolute Gasteiger partial charge is 0.124 e. The first-order valence-electron chi connectivity index (χ1n) is 12.5. The van der Waals surface area contributed by atoms with Crippen LogP contribution in [0, 0.1) is 11.3 Å². The zero-order valence-electron chi connectivity index (χ0n) is 20.5. The average Bonchev–Trinajstić information content (AvgIpc) is 3.38. The fourth-order valence-corrected chi connectivity index (χ4v) is 4.93. The van der Waals surface area contributed by atoms with E-state index < -0.39 is 0 Å². The molecular weight excluding hydrogens is 448 g/mol. The number of rotatable bonds is 7. The van der Waals surface area contributed by atoms with Crippen molar-refractivity contribution in [3.05, 3.63) is 77.7 Å². The molecule has 0 unspecified atom stereocenters. The predicted molar refractivity (Wildman–Crippen MR) is 140 cm³/mol. The normalized spacial score (nSPS) is 14.9. The third-order valence-electron chi connectivity index (χ3n) is 6.68. The number of likely N-dealkylation sites (tertiary alicyclic amines) is 1. The third-order valence-corrected chi connectivity index (χ3v) is 6.68. The van der Waals surface area contributed by atoms with Gasteiger partial charge in [-0.05, 0) is 68.8 Å². The third kappa shape index (κ3) is 5.26. The van der Waals surface area contributed by atoms with Gasteiger partial charge in [0.25, 0.3) is 0 Å². The highest BCUT2D eigenvalue weighted by Gasteiger charge is 2.22. The standard InChI is InChI=1S/C28H30N8/c1-2-27(35-12-4-3-5-13-35)24-11-7-10-23(31-24)18-36-19-26(33-34-36)22-15-25(32-28(30)16-22)21-9-6-8-20(14-21)17-29/h6-11,14-16,19,27H,2-5,12-13,18H2,1H3,(H2,30,32)/t27-/m0/s1. The summed E-state index contributed by atoms with van der Waals surface area (Å²) in [6.07, 6.45) is 6.81. The molecule has 182 valence electrons. The summed E-state index contributed by atoms with van der Waals surface area (Å²) < 4.78 is 1.80. The first-order valence-corrected chi connectivity index (χ1v) is 12.5. The Kier molecular flexibility index (Phi) is 7.01. The number of pyridine rings is 2. The van der Waals surface area contributed by atoms with Gasteiger partial charge in [-0.2, -0.15) is 5.26 Å². The van der Waals surface area contributed by atoms with Crippen LogP contribution in [-0.4, -0.2) is 43.0 Å². The van der Waals surface area contributed by atoms with Gasteiger partial charge in [-0.25, -0.2) is 9.67 Å². The molecule has 8 heteroatoms. The number of hydrogen-bond donors (Lipinski definition) is 1. The molecule has 4 heterocycles. The minimum atomic E-state index is 0.356. The van der Waals surface area contributed by atoms with Gasteiger partial charge in [0.05, 0.1) is 47.5 Å². The van der Waals surface area contributed by atoms with Crippen molar-refractivity contribution >= 4 is 5.82 Å². The van der Waals surface area contributed by atoms with Crippen molar-refractivity contribution in [3.63, 3.8) is 0 Å². The van der Waals surface area contributed by atoms with Gasteiger partial charge in [0.1, 0.15) is 11.5 Å². The zero-order valence-corrected chi connectivity index (χ0v) is 20.5. The van der Waals surface area contributed by atoms with Crippen LogP contribution in [0.25, 0.3) is 22.5 Å². The van der Waals surface area contributed by atoms with Gasteiger partial charge >= 0.3 is 0 Å². The maximum atomic E-state index is 9.22. The number of aromatic nitrogens is 5. The number of nitrogens with two attached hydrogens (primary N) is 1. The Morgan fingerprint density at radius 2 is 1.81 bits per heavy atom. The fourth-order valence-electron chi connectivity index (χ4n) is 4.93. The molecule has 5 rings (SSSR count). The minimum Gasteiger partial charge on any atom is -0.384 e. The van der Waals surface area contributed by atoms with Crippen molar-refractivity contribution in [2.75, 3.05) is 18.8 Å². The lowest BCUT2D eigenvalue weighted by Crippen LogP contribution is -2.34. The van der Waals surface area contributed by atoms with Crippen LogP contribution in [0.4, 0.5) is 5.82 Å². The summed E-state index contributed by atoms with van der Waals surface area (Å²) in [4.78, 5) is 12.0. The molecule has 8 nitrogen and oxygen atoms in total. The number of nitrogens with zero attached hydrogens (tertiary/aromatic N) is 7. The molecule has 0 amide bonds. The van der Waals surface area contributed by atoms with Crippen molar-refractivity contribution in [1.29, 1.82) is 5.26 Å². The second-order valence-electron chi connectivity index (χ2n) is 9.23. The Balaban J connectivity index is 1.36. The Morgan fingerprint density at radius 3 is 2.61 bits per heavy atom. The maximum absolute atomic E-state index is 9.22. The van der Waals surface area contributed by atoms with Gasteiger partial charge in [0.2, 0.25) is 0 Å². The van der Waals surface area contributed by atoms with Gasteiger partial charge in [-0.3, -0.25) is 9.88 Å². The van der Waals surface area contributed by atoms with Crippen LogP contribution in [0.3, 0.4) is 0 Å². The highest BCUT2D eigenvalue weighted by molar-refractivity contribution is 5.71. The molecule has 2 N–H and O–H groups in total. The zero-order chi connectivity index (χ0) is 24.9. The van der Waals surface area contributed by atoms with Crippen LogP contribution in [0.5, 0.6) is 0 Å². The number of benzene rings is 1. The molecule has 0 radical (unpaired) electrons. The maximum Gasteiger partial charge on any atom is 0.124 e. The number of nitriles is 1. The second kappa shape index (κ2) is 10.7. The SMILES string of the molecule is CC[C@@H](c1cccc(Cn2cc(-c3cc(N)nc(-c4cccc(C#N)c4)c3)nn2)n1)N1CCCCC1. The lowest BCUT2D eigenvalue weighted by molar-refractivity contribution is 0.156. The van der Waals surface area contributed by atoms with E-state index in [1.807, 2.05) is 30.5 Å². The van der Waals surface area contributed by atoms with Gasteiger partial charge < -0.3 is 5.73 Å². The molecule has 0 saturated carbocycles. The largest absolute Gasteiger partial charge is 0.384 e. The number of piperidine rings is 1. The first kappa shape index (κ1) is 23.6. The molecule has 1 aliphatic heterocycles. The fraction of sp³-hybridized carbons (Fsp3) is 0.321. The van der Waals surface area contributed by atoms with Crippen molar-refractivity contribution in [2.45, 2.75) is 45.2 Å². The predicted octanol–water partition coefficient (Wildman–Crippen LogP) is 4.84. The van der Waals surface area contributed by atoms with Crippen molar-refractivity contribution in [3.8, 4) is 28.6 Å². The van der Waals surface area contributed by atoms with E-state index in [-0.39, 0.29) is 0 Å². The lowest BCUT2D eigenvalue weighted by atomic mass is 10.0. The van der Waals surface area contributed by atoms with Gasteiger partial charge in [0, 0.05) is 11.1 Å². The van der Waals surface area contributed by atoms with Crippen LogP contribution in [0.2, 0.25) is 0 Å². The Labute approximate surface area is 211 Å². The quantitative estimate of drug-likeness (QED) is 0.405. The van der Waals surface area contributed by atoms with E-state index in [9.17, 15) is 5.26 Å². The molecule has 0 spiro atoms. The van der Waals surface area contributed by atoms with Crippen molar-refractivity contribution < 1.29 is 0 Å². The van der Waals surface area contributed by atoms with E-state index in [0.717, 1.165) is 42.0 Å². The van der Waals surface area contributed by atoms with E-state index >= 15 is 0 Å². The highest BCUT2D eigenvalue weighted by Crippen LogP contribution is 2.28. The van der Waals surface area contributed by atoms with Gasteiger partial charge in [0.15, 0.2) is 0 Å². The van der Waals surface area contributed by atoms with E-state index in [1.54, 1.807) is 22.9 Å². The molecule has 0 bridgehead atoms. The first-order chi connectivity index (χ1) is 17.6. The van der Waals surface area contributed by atoms with Crippen molar-refractivity contribution in [2.24, 2.45) is 0 Å². The van der Waals surface area contributed by atoms with E-state index in [1.165, 1.54) is 19.3 Å². The van der Waals surface area contributed by atoms with Gasteiger partial charge in [-0.15, -0.1) is 5.10 Å². The van der Waals surface area contributed by atoms with E-state index in [0.29, 0.717) is 35.4 Å². The Hall–Kier alpha value is -4.09. The molecule has 36 heavy (non-hydrogen) atoms. The van der Waals surface area contributed by atoms with Crippen LogP contribution in [0.1, 0.15) is 55.6 Å². The summed E-state index contributed by atoms with van der Waals surface area (Å²) in [5, 5.41) is 17.9. The number of hydrogen-bond acceptors (Lipinski definition) is 7. The molecular formula is C28H30N8. The summed E-state index contributed by atoms with van der Waals surface area (Å²) in [7, 11) is 0. The van der Waals surface area contributed by atoms with Crippen molar-refractivity contribution in [1.82, 2.24) is 29.9 Å². The molecule has 1 saturated heterocycles. The van der Waals surface area contributed by atoms with E-state index in [2.05, 4.69) is 45.3 Å². The molecule has 1 fully saturated rings. The average molecular weight is 479 g/mol. The second-order valence-corrected chi connectivity index (χ2v) is 9.23. The summed E-state index contributed by atoms with van der Waals surface area (Å²) in [6, 6.07) is 19.8. The summed E-state index contributed by atoms with van der Waals surface area (Å²) in [5.74, 6) is 0.386. The number of nitrogen functional groups attached to an aromatic ring is 1. The topological polar surface area (TPSA) is 110 Å². The van der Waals surface area contributed by atoms with Crippen LogP contribution < -0.4 is 5.73 Å². The Morgan fingerprint density at radius 1 is 0.972 bits per heavy atom. The van der Waals surface area contributed by atoms with E-state index in [4.69, 9.17) is 10.7 Å². The lowest BCUT2D eigenvalue weighted by Gasteiger charge is -2.33. The van der Waals surface area contributed by atoms with Crippen LogP contribution >= 0.6 is 0 Å². The van der Waals surface area contributed by atoms with Gasteiger partial charge in [-0.1, -0.05) is 36.8 Å². The molecule has 1 atom stereocenters. The van der Waals surface area contributed by atoms with Crippen LogP contribution in [-0.2, 0) is 6.54 Å². The molecule has 1 aliphatic rings. The molecule has 4 aromatic rings. The molecule has 0 aliphatic carbocycles. The number of anilines is 1. The summed E-state index contributed by atoms with van der Waals surface area (Å²) in [5.41, 5.74) is 11.8. The Bertz CT molecular complexity index is 1380. The van der Waals surface area contributed by atoms with Crippen LogP contribution in [0.15, 0.2) is 60.8 Å². The summed E-state index contributed by atoms with van der Waals surface area (Å²) in [6.45, 7) is 5.07. The minimum absolute atomic E-state index is 0.356. The monoisotopic (exact) mass is 478 g/mol. The molecule has 1 aromatic carbocycles.